The standard InChI is InChI=1S/C18H22N6O/c1-4-24(5-2)17-9-16(20-12-21-17)23-22-11-13-10-19-14-7-6-8-15(25-3)18(13)14/h6-12,19H,4-5H2,1-3H3,(H,20,21,23)/b22-11+. The fourth-order valence-corrected chi connectivity index (χ4v) is 2.75. The SMILES string of the molecule is CCN(CC)c1cc(N/N=C/c2c[nH]c3cccc(OC)c23)ncn1. The molecule has 0 aliphatic rings. The van der Waals surface area contributed by atoms with E-state index < -0.39 is 0 Å². The summed E-state index contributed by atoms with van der Waals surface area (Å²) in [5, 5.41) is 5.30. The quantitative estimate of drug-likeness (QED) is 0.511. The molecule has 2 aromatic heterocycles. The number of anilines is 2. The largest absolute Gasteiger partial charge is 0.496 e. The number of aromatic amines is 1. The highest BCUT2D eigenvalue weighted by atomic mass is 16.5. The number of aromatic nitrogens is 3. The Kier molecular flexibility index (Phi) is 5.13. The number of rotatable bonds is 7. The average molecular weight is 338 g/mol. The lowest BCUT2D eigenvalue weighted by Gasteiger charge is -2.19. The molecule has 130 valence electrons. The van der Waals surface area contributed by atoms with Crippen molar-refractivity contribution >= 4 is 28.8 Å². The summed E-state index contributed by atoms with van der Waals surface area (Å²) in [6.45, 7) is 5.99. The third-order valence-electron chi connectivity index (χ3n) is 4.04. The summed E-state index contributed by atoms with van der Waals surface area (Å²) in [5.41, 5.74) is 4.91. The lowest BCUT2D eigenvalue weighted by molar-refractivity contribution is 0.420. The van der Waals surface area contributed by atoms with Crippen molar-refractivity contribution in [1.82, 2.24) is 15.0 Å². The van der Waals surface area contributed by atoms with E-state index in [4.69, 9.17) is 4.74 Å². The second kappa shape index (κ2) is 7.65. The van der Waals surface area contributed by atoms with E-state index >= 15 is 0 Å². The number of ether oxygens (including phenoxy) is 1. The zero-order valence-electron chi connectivity index (χ0n) is 14.7. The molecule has 0 aliphatic carbocycles. The summed E-state index contributed by atoms with van der Waals surface area (Å²) in [5.74, 6) is 2.34. The van der Waals surface area contributed by atoms with Crippen molar-refractivity contribution in [1.29, 1.82) is 0 Å². The molecule has 0 atom stereocenters. The minimum Gasteiger partial charge on any atom is -0.496 e. The van der Waals surface area contributed by atoms with Crippen molar-refractivity contribution in [2.24, 2.45) is 5.10 Å². The van der Waals surface area contributed by atoms with Crippen LogP contribution in [0.4, 0.5) is 11.6 Å². The third-order valence-corrected chi connectivity index (χ3v) is 4.04. The normalized spacial score (nSPS) is 11.2. The van der Waals surface area contributed by atoms with E-state index in [1.54, 1.807) is 19.7 Å². The molecule has 0 fully saturated rings. The molecule has 0 bridgehead atoms. The van der Waals surface area contributed by atoms with E-state index in [0.717, 1.165) is 41.1 Å². The first-order valence-corrected chi connectivity index (χ1v) is 8.27. The highest BCUT2D eigenvalue weighted by Gasteiger charge is 2.07. The van der Waals surface area contributed by atoms with Crippen molar-refractivity contribution in [3.05, 3.63) is 42.4 Å². The van der Waals surface area contributed by atoms with Crippen molar-refractivity contribution in [3.8, 4) is 5.75 Å². The number of benzene rings is 1. The van der Waals surface area contributed by atoms with Gasteiger partial charge in [-0.05, 0) is 26.0 Å². The minimum atomic E-state index is 0.653. The van der Waals surface area contributed by atoms with E-state index in [-0.39, 0.29) is 0 Å². The third kappa shape index (κ3) is 3.55. The Morgan fingerprint density at radius 1 is 1.28 bits per heavy atom. The molecule has 7 heteroatoms. The van der Waals surface area contributed by atoms with Crippen LogP contribution in [0.5, 0.6) is 5.75 Å². The second-order valence-electron chi connectivity index (χ2n) is 5.43. The predicted molar refractivity (Wildman–Crippen MR) is 102 cm³/mol. The van der Waals surface area contributed by atoms with Crippen LogP contribution in [0, 0.1) is 0 Å². The van der Waals surface area contributed by atoms with Crippen LogP contribution in [0.15, 0.2) is 41.9 Å². The van der Waals surface area contributed by atoms with Crippen LogP contribution in [-0.4, -0.2) is 41.4 Å². The van der Waals surface area contributed by atoms with Gasteiger partial charge in [0, 0.05) is 36.4 Å². The molecule has 1 aromatic carbocycles. The molecule has 0 saturated carbocycles. The molecular formula is C18H22N6O. The summed E-state index contributed by atoms with van der Waals surface area (Å²) >= 11 is 0. The maximum Gasteiger partial charge on any atom is 0.151 e. The predicted octanol–water partition coefficient (Wildman–Crippen LogP) is 3.26. The number of nitrogens with zero attached hydrogens (tertiary/aromatic N) is 4. The van der Waals surface area contributed by atoms with Gasteiger partial charge in [-0.15, -0.1) is 0 Å². The molecule has 0 radical (unpaired) electrons. The van der Waals surface area contributed by atoms with E-state index in [0.29, 0.717) is 5.82 Å². The molecule has 3 rings (SSSR count). The maximum absolute atomic E-state index is 5.43. The first-order chi connectivity index (χ1) is 12.3. The van der Waals surface area contributed by atoms with Crippen LogP contribution in [0.3, 0.4) is 0 Å². The van der Waals surface area contributed by atoms with Crippen molar-refractivity contribution in [2.75, 3.05) is 30.5 Å². The second-order valence-corrected chi connectivity index (χ2v) is 5.43. The maximum atomic E-state index is 5.43. The molecule has 0 unspecified atom stereocenters. The molecule has 2 heterocycles. The summed E-state index contributed by atoms with van der Waals surface area (Å²) in [6.07, 6.45) is 5.19. The number of fused-ring (bicyclic) bond motifs is 1. The van der Waals surface area contributed by atoms with Crippen molar-refractivity contribution in [2.45, 2.75) is 13.8 Å². The lowest BCUT2D eigenvalue weighted by atomic mass is 10.1. The van der Waals surface area contributed by atoms with Gasteiger partial charge in [0.15, 0.2) is 5.82 Å². The van der Waals surface area contributed by atoms with Gasteiger partial charge in [0.05, 0.1) is 18.7 Å². The smallest absolute Gasteiger partial charge is 0.151 e. The number of methoxy groups -OCH3 is 1. The van der Waals surface area contributed by atoms with Crippen molar-refractivity contribution < 1.29 is 4.74 Å². The Hall–Kier alpha value is -3.09. The Morgan fingerprint density at radius 3 is 2.88 bits per heavy atom. The molecule has 7 nitrogen and oxygen atoms in total. The van der Waals surface area contributed by atoms with E-state index in [1.165, 1.54) is 0 Å². The first kappa shape index (κ1) is 16.8. The molecule has 2 N–H and O–H groups in total. The zero-order valence-corrected chi connectivity index (χ0v) is 14.7. The van der Waals surface area contributed by atoms with Gasteiger partial charge in [-0.2, -0.15) is 5.10 Å². The van der Waals surface area contributed by atoms with E-state index in [1.807, 2.05) is 30.5 Å². The molecule has 0 spiro atoms. The molecule has 0 saturated heterocycles. The monoisotopic (exact) mass is 338 g/mol. The van der Waals surface area contributed by atoms with E-state index in [9.17, 15) is 0 Å². The Morgan fingerprint density at radius 2 is 2.12 bits per heavy atom. The van der Waals surface area contributed by atoms with Gasteiger partial charge in [-0.1, -0.05) is 6.07 Å². The van der Waals surface area contributed by atoms with Gasteiger partial charge < -0.3 is 14.6 Å². The summed E-state index contributed by atoms with van der Waals surface area (Å²) in [4.78, 5) is 13.9. The number of nitrogens with one attached hydrogen (secondary N) is 2. The van der Waals surface area contributed by atoms with Gasteiger partial charge in [0.1, 0.15) is 17.9 Å². The molecule has 25 heavy (non-hydrogen) atoms. The van der Waals surface area contributed by atoms with Crippen LogP contribution >= 0.6 is 0 Å². The van der Waals surface area contributed by atoms with Crippen molar-refractivity contribution in [3.63, 3.8) is 0 Å². The Balaban J connectivity index is 1.79. The first-order valence-electron chi connectivity index (χ1n) is 8.27. The minimum absolute atomic E-state index is 0.653. The number of H-pyrrole nitrogens is 1. The molecule has 0 amide bonds. The summed E-state index contributed by atoms with van der Waals surface area (Å²) in [6, 6.07) is 7.78. The average Bonchev–Trinajstić information content (AvgIpc) is 3.06. The lowest BCUT2D eigenvalue weighted by Crippen LogP contribution is -2.23. The van der Waals surface area contributed by atoms with Crippen LogP contribution in [0.1, 0.15) is 19.4 Å². The zero-order chi connectivity index (χ0) is 17.6. The number of hydrazone groups is 1. The Bertz CT molecular complexity index is 869. The van der Waals surface area contributed by atoms with Crippen LogP contribution < -0.4 is 15.1 Å². The highest BCUT2D eigenvalue weighted by molar-refractivity contribution is 6.02. The fraction of sp³-hybridized carbons (Fsp3) is 0.278. The molecule has 3 aromatic rings. The topological polar surface area (TPSA) is 78.4 Å². The summed E-state index contributed by atoms with van der Waals surface area (Å²) < 4.78 is 5.43. The van der Waals surface area contributed by atoms with Crippen LogP contribution in [0.2, 0.25) is 0 Å². The highest BCUT2D eigenvalue weighted by Crippen LogP contribution is 2.27. The number of hydrogen-bond donors (Lipinski definition) is 2. The van der Waals surface area contributed by atoms with Gasteiger partial charge in [0.25, 0.3) is 0 Å². The number of hydrogen-bond acceptors (Lipinski definition) is 6. The van der Waals surface area contributed by atoms with Gasteiger partial charge >= 0.3 is 0 Å². The molecule has 0 aliphatic heterocycles. The van der Waals surface area contributed by atoms with Gasteiger partial charge in [-0.25, -0.2) is 9.97 Å². The van der Waals surface area contributed by atoms with Gasteiger partial charge in [0.2, 0.25) is 0 Å². The van der Waals surface area contributed by atoms with Crippen LogP contribution in [0.25, 0.3) is 10.9 Å². The van der Waals surface area contributed by atoms with Gasteiger partial charge in [-0.3, -0.25) is 5.43 Å². The summed E-state index contributed by atoms with van der Waals surface area (Å²) in [7, 11) is 1.66. The molecular weight excluding hydrogens is 316 g/mol. The fourth-order valence-electron chi connectivity index (χ4n) is 2.75. The Labute approximate surface area is 146 Å². The van der Waals surface area contributed by atoms with E-state index in [2.05, 4.69) is 44.2 Å². The van der Waals surface area contributed by atoms with Crippen LogP contribution in [-0.2, 0) is 0 Å².